The van der Waals surface area contributed by atoms with E-state index in [1.54, 1.807) is 0 Å². The highest BCUT2D eigenvalue weighted by Crippen LogP contribution is 2.22. The highest BCUT2D eigenvalue weighted by atomic mass is 79.9. The molecule has 0 spiro atoms. The van der Waals surface area contributed by atoms with Crippen molar-refractivity contribution >= 4 is 27.7 Å². The van der Waals surface area contributed by atoms with Gasteiger partial charge in [-0.3, -0.25) is 0 Å². The Morgan fingerprint density at radius 1 is 1.30 bits per heavy atom. The van der Waals surface area contributed by atoms with E-state index >= 15 is 0 Å². The van der Waals surface area contributed by atoms with Gasteiger partial charge in [-0.15, -0.1) is 0 Å². The predicted molar refractivity (Wildman–Crippen MR) is 94.6 cm³/mol. The molecule has 0 saturated heterocycles. The maximum Gasteiger partial charge on any atom is 0.0175 e. The third-order valence-corrected chi connectivity index (χ3v) is 5.33. The van der Waals surface area contributed by atoms with E-state index in [0.717, 1.165) is 12.0 Å². The number of rotatable bonds is 10. The lowest BCUT2D eigenvalue weighted by Gasteiger charge is -2.18. The maximum absolute atomic E-state index is 3.71. The lowest BCUT2D eigenvalue weighted by molar-refractivity contribution is 0.438. The molecule has 1 unspecified atom stereocenters. The van der Waals surface area contributed by atoms with Crippen LogP contribution in [0.1, 0.15) is 38.2 Å². The summed E-state index contributed by atoms with van der Waals surface area (Å²) in [6.45, 7) is 3.44. The quantitative estimate of drug-likeness (QED) is 0.599. The highest BCUT2D eigenvalue weighted by molar-refractivity contribution is 9.10. The van der Waals surface area contributed by atoms with Crippen molar-refractivity contribution in [2.45, 2.75) is 45.1 Å². The summed E-state index contributed by atoms with van der Waals surface area (Å²) >= 11 is 5.58. The largest absolute Gasteiger partial charge is 0.314 e. The molecule has 0 bridgehead atoms. The molecule has 0 aliphatic heterocycles. The number of nitrogens with one attached hydrogen (secondary N) is 1. The van der Waals surface area contributed by atoms with Crippen molar-refractivity contribution in [2.75, 3.05) is 18.1 Å². The Bertz CT molecular complexity index is 375. The smallest absolute Gasteiger partial charge is 0.0175 e. The summed E-state index contributed by atoms with van der Waals surface area (Å²) < 4.78 is 1.17. The van der Waals surface area contributed by atoms with Crippen molar-refractivity contribution in [3.8, 4) is 0 Å². The van der Waals surface area contributed by atoms with Gasteiger partial charge in [0, 0.05) is 10.5 Å². The highest BCUT2D eigenvalue weighted by Gasteiger charge is 2.21. The van der Waals surface area contributed by atoms with Gasteiger partial charge >= 0.3 is 0 Å². The van der Waals surface area contributed by atoms with Crippen LogP contribution in [0, 0.1) is 5.92 Å². The molecular formula is C17H26BrNS. The van der Waals surface area contributed by atoms with Crippen LogP contribution in [0.25, 0.3) is 0 Å². The first-order valence-electron chi connectivity index (χ1n) is 7.83. The normalized spacial score (nSPS) is 16.3. The molecule has 0 amide bonds. The molecule has 1 saturated carbocycles. The van der Waals surface area contributed by atoms with Crippen molar-refractivity contribution < 1.29 is 0 Å². The second-order valence-corrected chi connectivity index (χ2v) is 8.03. The summed E-state index contributed by atoms with van der Waals surface area (Å²) in [5.74, 6) is 3.35. The third kappa shape index (κ3) is 6.64. The molecule has 112 valence electrons. The van der Waals surface area contributed by atoms with E-state index in [-0.39, 0.29) is 0 Å². The summed E-state index contributed by atoms with van der Waals surface area (Å²) in [6.07, 6.45) is 6.69. The molecule has 1 aliphatic carbocycles. The topological polar surface area (TPSA) is 12.0 Å². The first-order valence-corrected chi connectivity index (χ1v) is 9.78. The first-order chi connectivity index (χ1) is 9.78. The van der Waals surface area contributed by atoms with Gasteiger partial charge in [-0.25, -0.2) is 0 Å². The lowest BCUT2D eigenvalue weighted by Crippen LogP contribution is -2.26. The fourth-order valence-corrected chi connectivity index (χ4v) is 3.39. The van der Waals surface area contributed by atoms with E-state index in [1.165, 1.54) is 60.2 Å². The second-order valence-electron chi connectivity index (χ2n) is 5.72. The molecule has 1 N–H and O–H groups in total. The number of halogens is 1. The van der Waals surface area contributed by atoms with Crippen molar-refractivity contribution in [3.05, 3.63) is 34.3 Å². The summed E-state index contributed by atoms with van der Waals surface area (Å²) in [4.78, 5) is 0. The zero-order valence-electron chi connectivity index (χ0n) is 12.4. The molecule has 1 nitrogen and oxygen atoms in total. The number of hydrogen-bond acceptors (Lipinski definition) is 2. The van der Waals surface area contributed by atoms with Crippen molar-refractivity contribution in [1.29, 1.82) is 0 Å². The fraction of sp³-hybridized carbons (Fsp3) is 0.647. The van der Waals surface area contributed by atoms with Crippen LogP contribution in [0.2, 0.25) is 0 Å². The zero-order valence-corrected chi connectivity index (χ0v) is 14.8. The molecule has 1 aromatic carbocycles. The Balaban J connectivity index is 1.78. The Labute approximate surface area is 136 Å². The third-order valence-electron chi connectivity index (χ3n) is 3.82. The Hall–Kier alpha value is 0.01000. The van der Waals surface area contributed by atoms with E-state index < -0.39 is 0 Å². The van der Waals surface area contributed by atoms with Gasteiger partial charge in [0.25, 0.3) is 0 Å². The molecule has 2 rings (SSSR count). The van der Waals surface area contributed by atoms with Crippen LogP contribution < -0.4 is 5.32 Å². The number of benzene rings is 1. The fourth-order valence-electron chi connectivity index (χ4n) is 2.47. The van der Waals surface area contributed by atoms with Gasteiger partial charge < -0.3 is 5.32 Å². The standard InChI is InChI=1S/C17H26BrNS/c1-2-20-11-3-4-15(13-19-17-9-10-17)12-14-5-7-16(18)8-6-14/h5-8,15,17,19H,2-4,9-13H2,1H3. The molecule has 1 aromatic rings. The average Bonchev–Trinajstić information content (AvgIpc) is 3.27. The van der Waals surface area contributed by atoms with E-state index in [4.69, 9.17) is 0 Å². The Morgan fingerprint density at radius 2 is 2.05 bits per heavy atom. The van der Waals surface area contributed by atoms with Crippen LogP contribution in [0.5, 0.6) is 0 Å². The summed E-state index contributed by atoms with van der Waals surface area (Å²) in [5, 5.41) is 3.71. The number of hydrogen-bond donors (Lipinski definition) is 1. The van der Waals surface area contributed by atoms with Gasteiger partial charge in [0.2, 0.25) is 0 Å². The molecule has 0 heterocycles. The minimum Gasteiger partial charge on any atom is -0.314 e. The van der Waals surface area contributed by atoms with Crippen LogP contribution >= 0.6 is 27.7 Å². The molecular weight excluding hydrogens is 330 g/mol. The average molecular weight is 356 g/mol. The van der Waals surface area contributed by atoms with Gasteiger partial charge in [0.15, 0.2) is 0 Å². The van der Waals surface area contributed by atoms with E-state index in [1.807, 2.05) is 0 Å². The van der Waals surface area contributed by atoms with Gasteiger partial charge in [0.1, 0.15) is 0 Å². The van der Waals surface area contributed by atoms with Crippen LogP contribution in [0.4, 0.5) is 0 Å². The summed E-state index contributed by atoms with van der Waals surface area (Å²) in [7, 11) is 0. The first kappa shape index (κ1) is 16.4. The molecule has 1 aliphatic rings. The predicted octanol–water partition coefficient (Wildman–Crippen LogP) is 4.89. The summed E-state index contributed by atoms with van der Waals surface area (Å²) in [6, 6.07) is 9.66. The van der Waals surface area contributed by atoms with E-state index in [2.05, 4.69) is 64.2 Å². The second kappa shape index (κ2) is 9.11. The van der Waals surface area contributed by atoms with Crippen LogP contribution in [0.15, 0.2) is 28.7 Å². The van der Waals surface area contributed by atoms with Gasteiger partial charge in [0.05, 0.1) is 0 Å². The monoisotopic (exact) mass is 355 g/mol. The van der Waals surface area contributed by atoms with Crippen molar-refractivity contribution in [3.63, 3.8) is 0 Å². The molecule has 1 fully saturated rings. The van der Waals surface area contributed by atoms with Crippen LogP contribution in [0.3, 0.4) is 0 Å². The minimum absolute atomic E-state index is 0.786. The lowest BCUT2D eigenvalue weighted by atomic mass is 9.95. The Kier molecular flexibility index (Phi) is 7.47. The van der Waals surface area contributed by atoms with Gasteiger partial charge in [-0.1, -0.05) is 35.0 Å². The molecule has 0 aromatic heterocycles. The molecule has 1 atom stereocenters. The molecule has 20 heavy (non-hydrogen) atoms. The number of thioether (sulfide) groups is 1. The van der Waals surface area contributed by atoms with Crippen LogP contribution in [-0.4, -0.2) is 24.1 Å². The van der Waals surface area contributed by atoms with Crippen LogP contribution in [-0.2, 0) is 6.42 Å². The zero-order chi connectivity index (χ0) is 14.2. The van der Waals surface area contributed by atoms with E-state index in [0.29, 0.717) is 0 Å². The minimum atomic E-state index is 0.786. The molecule has 3 heteroatoms. The summed E-state index contributed by atoms with van der Waals surface area (Å²) in [5.41, 5.74) is 1.47. The van der Waals surface area contributed by atoms with Gasteiger partial charge in [-0.05, 0) is 73.8 Å². The van der Waals surface area contributed by atoms with Crippen molar-refractivity contribution in [2.24, 2.45) is 5.92 Å². The molecule has 0 radical (unpaired) electrons. The maximum atomic E-state index is 3.71. The SMILES string of the molecule is CCSCCCC(CNC1CC1)Cc1ccc(Br)cc1. The van der Waals surface area contributed by atoms with Gasteiger partial charge in [-0.2, -0.15) is 11.8 Å². The van der Waals surface area contributed by atoms with E-state index in [9.17, 15) is 0 Å². The van der Waals surface area contributed by atoms with Crippen molar-refractivity contribution in [1.82, 2.24) is 5.32 Å². The Morgan fingerprint density at radius 3 is 2.70 bits per heavy atom.